The highest BCUT2D eigenvalue weighted by atomic mass is 32.2. The van der Waals surface area contributed by atoms with E-state index in [-0.39, 0.29) is 19.0 Å². The first-order valence-electron chi connectivity index (χ1n) is 9.13. The second kappa shape index (κ2) is 9.14. The highest BCUT2D eigenvalue weighted by molar-refractivity contribution is 7.89. The molecule has 0 saturated carbocycles. The zero-order valence-electron chi connectivity index (χ0n) is 16.1. The van der Waals surface area contributed by atoms with Gasteiger partial charge in [-0.25, -0.2) is 18.1 Å². The summed E-state index contributed by atoms with van der Waals surface area (Å²) in [7, 11) is -4.12. The Morgan fingerprint density at radius 1 is 1.20 bits per heavy atom. The first-order chi connectivity index (χ1) is 14.1. The number of nitrogens with zero attached hydrogens (tertiary/aromatic N) is 3. The van der Waals surface area contributed by atoms with Crippen LogP contribution in [0.15, 0.2) is 35.2 Å². The molecule has 0 amide bonds. The van der Waals surface area contributed by atoms with Crippen LogP contribution < -0.4 is 14.4 Å². The Bertz CT molecular complexity index is 980. The van der Waals surface area contributed by atoms with Crippen molar-refractivity contribution in [3.05, 3.63) is 41.7 Å². The number of alkyl halides is 3. The summed E-state index contributed by atoms with van der Waals surface area (Å²) in [5, 5.41) is 0. The van der Waals surface area contributed by atoms with Gasteiger partial charge in [0.05, 0.1) is 23.7 Å². The molecule has 2 heterocycles. The molecule has 3 rings (SSSR count). The van der Waals surface area contributed by atoms with Crippen molar-refractivity contribution in [2.24, 2.45) is 0 Å². The summed E-state index contributed by atoms with van der Waals surface area (Å²) in [5.41, 5.74) is -1.03. The number of halogens is 3. The van der Waals surface area contributed by atoms with E-state index in [9.17, 15) is 21.6 Å². The average molecular weight is 446 g/mol. The van der Waals surface area contributed by atoms with Gasteiger partial charge in [0, 0.05) is 25.7 Å². The molecule has 0 spiro atoms. The normalized spacial score (nSPS) is 15.3. The van der Waals surface area contributed by atoms with Crippen LogP contribution in [-0.4, -0.2) is 57.8 Å². The lowest BCUT2D eigenvalue weighted by Gasteiger charge is -2.28. The van der Waals surface area contributed by atoms with Gasteiger partial charge in [-0.3, -0.25) is 0 Å². The van der Waals surface area contributed by atoms with Crippen LogP contribution in [0.1, 0.15) is 11.4 Å². The van der Waals surface area contributed by atoms with Crippen LogP contribution in [0.5, 0.6) is 5.88 Å². The number of ether oxygens (including phenoxy) is 2. The second-order valence-corrected chi connectivity index (χ2v) is 8.25. The topological polar surface area (TPSA) is 93.6 Å². The fraction of sp³-hybridized carbons (Fsp3) is 0.444. The maximum Gasteiger partial charge on any atom is 0.416 e. The van der Waals surface area contributed by atoms with Gasteiger partial charge in [-0.05, 0) is 25.1 Å². The molecule has 1 aliphatic rings. The summed E-state index contributed by atoms with van der Waals surface area (Å²) in [6, 6.07) is 5.20. The summed E-state index contributed by atoms with van der Waals surface area (Å²) in [5.74, 6) is 1.46. The van der Waals surface area contributed by atoms with Crippen LogP contribution >= 0.6 is 0 Å². The van der Waals surface area contributed by atoms with Crippen LogP contribution in [0.2, 0.25) is 0 Å². The maximum absolute atomic E-state index is 12.8. The molecule has 1 fully saturated rings. The van der Waals surface area contributed by atoms with E-state index in [0.717, 1.165) is 18.2 Å². The first-order valence-corrected chi connectivity index (χ1v) is 10.6. The van der Waals surface area contributed by atoms with E-state index in [1.54, 1.807) is 13.0 Å². The third-order valence-corrected chi connectivity index (χ3v) is 5.71. The molecule has 12 heteroatoms. The maximum atomic E-state index is 12.8. The molecule has 2 aromatic rings. The number of nitrogens with one attached hydrogen (secondary N) is 1. The summed E-state index contributed by atoms with van der Waals surface area (Å²) >= 11 is 0. The minimum Gasteiger partial charge on any atom is -0.476 e. The average Bonchev–Trinajstić information content (AvgIpc) is 2.71. The summed E-state index contributed by atoms with van der Waals surface area (Å²) in [6.07, 6.45) is -4.63. The number of anilines is 1. The van der Waals surface area contributed by atoms with Gasteiger partial charge in [-0.1, -0.05) is 6.07 Å². The highest BCUT2D eigenvalue weighted by Gasteiger charge is 2.31. The molecular weight excluding hydrogens is 425 g/mol. The molecule has 0 unspecified atom stereocenters. The van der Waals surface area contributed by atoms with Crippen LogP contribution in [0.25, 0.3) is 0 Å². The fourth-order valence-electron chi connectivity index (χ4n) is 2.81. The molecule has 0 radical (unpaired) electrons. The van der Waals surface area contributed by atoms with E-state index in [0.29, 0.717) is 44.0 Å². The molecule has 1 saturated heterocycles. The number of aromatic nitrogens is 2. The lowest BCUT2D eigenvalue weighted by atomic mass is 10.2. The van der Waals surface area contributed by atoms with Crippen molar-refractivity contribution < 1.29 is 31.1 Å². The Morgan fingerprint density at radius 2 is 1.93 bits per heavy atom. The van der Waals surface area contributed by atoms with Gasteiger partial charge in [0.2, 0.25) is 15.9 Å². The summed E-state index contributed by atoms with van der Waals surface area (Å²) < 4.78 is 75.9. The van der Waals surface area contributed by atoms with Crippen LogP contribution in [0.3, 0.4) is 0 Å². The molecule has 0 aliphatic carbocycles. The second-order valence-electron chi connectivity index (χ2n) is 6.48. The molecule has 1 aromatic carbocycles. The standard InChI is InChI=1S/C18H21F3N4O4S/c1-13-23-16(25-6-9-28-10-7-25)12-17(24-13)29-8-5-22-30(26,27)15-4-2-3-14(11-15)18(19,20)21/h2-4,11-12,22H,5-10H2,1H3. The number of aryl methyl sites for hydroxylation is 1. The van der Waals surface area contributed by atoms with Crippen LogP contribution in [0, 0.1) is 6.92 Å². The van der Waals surface area contributed by atoms with Crippen molar-refractivity contribution in [2.45, 2.75) is 18.0 Å². The van der Waals surface area contributed by atoms with Crippen molar-refractivity contribution >= 4 is 15.8 Å². The van der Waals surface area contributed by atoms with E-state index in [4.69, 9.17) is 9.47 Å². The Labute approximate surface area is 172 Å². The molecule has 1 aliphatic heterocycles. The van der Waals surface area contributed by atoms with Gasteiger partial charge in [0.15, 0.2) is 0 Å². The number of hydrogen-bond donors (Lipinski definition) is 1. The molecule has 164 valence electrons. The van der Waals surface area contributed by atoms with Crippen LogP contribution in [-0.2, 0) is 20.9 Å². The zero-order valence-corrected chi connectivity index (χ0v) is 17.0. The first kappa shape index (κ1) is 22.2. The Morgan fingerprint density at radius 3 is 2.63 bits per heavy atom. The van der Waals surface area contributed by atoms with Crippen LogP contribution in [0.4, 0.5) is 19.0 Å². The summed E-state index contributed by atoms with van der Waals surface area (Å²) in [4.78, 5) is 10.1. The minimum absolute atomic E-state index is 0.0583. The van der Waals surface area contributed by atoms with Gasteiger partial charge in [-0.2, -0.15) is 18.2 Å². The van der Waals surface area contributed by atoms with E-state index < -0.39 is 26.7 Å². The summed E-state index contributed by atoms with van der Waals surface area (Å²) in [6.45, 7) is 4.07. The Hall–Kier alpha value is -2.44. The number of hydrogen-bond acceptors (Lipinski definition) is 7. The molecule has 0 bridgehead atoms. The van der Waals surface area contributed by atoms with E-state index in [2.05, 4.69) is 14.7 Å². The quantitative estimate of drug-likeness (QED) is 0.650. The number of sulfonamides is 1. The smallest absolute Gasteiger partial charge is 0.416 e. The molecular formula is C18H21F3N4O4S. The zero-order chi connectivity index (χ0) is 21.8. The van der Waals surface area contributed by atoms with Gasteiger partial charge >= 0.3 is 6.18 Å². The van der Waals surface area contributed by atoms with Gasteiger partial charge in [0.25, 0.3) is 0 Å². The third kappa shape index (κ3) is 5.80. The Kier molecular flexibility index (Phi) is 6.78. The minimum atomic E-state index is -4.63. The molecule has 30 heavy (non-hydrogen) atoms. The van der Waals surface area contributed by atoms with Crippen molar-refractivity contribution in [1.82, 2.24) is 14.7 Å². The van der Waals surface area contributed by atoms with Crippen molar-refractivity contribution in [3.8, 4) is 5.88 Å². The number of morpholine rings is 1. The van der Waals surface area contributed by atoms with Gasteiger partial charge in [-0.15, -0.1) is 0 Å². The molecule has 1 N–H and O–H groups in total. The largest absolute Gasteiger partial charge is 0.476 e. The lowest BCUT2D eigenvalue weighted by Crippen LogP contribution is -2.37. The van der Waals surface area contributed by atoms with E-state index in [1.807, 2.05) is 4.90 Å². The monoisotopic (exact) mass is 446 g/mol. The number of benzene rings is 1. The third-order valence-electron chi connectivity index (χ3n) is 4.25. The predicted molar refractivity (Wildman–Crippen MR) is 102 cm³/mol. The van der Waals surface area contributed by atoms with E-state index >= 15 is 0 Å². The van der Waals surface area contributed by atoms with Crippen molar-refractivity contribution in [1.29, 1.82) is 0 Å². The number of rotatable bonds is 7. The molecule has 0 atom stereocenters. The van der Waals surface area contributed by atoms with Gasteiger partial charge in [0.1, 0.15) is 18.2 Å². The SMILES string of the molecule is Cc1nc(OCCNS(=O)(=O)c2cccc(C(F)(F)F)c2)cc(N2CCOCC2)n1. The van der Waals surface area contributed by atoms with Crippen molar-refractivity contribution in [3.63, 3.8) is 0 Å². The molecule has 1 aromatic heterocycles. The van der Waals surface area contributed by atoms with Gasteiger partial charge < -0.3 is 14.4 Å². The fourth-order valence-corrected chi connectivity index (χ4v) is 3.87. The highest BCUT2D eigenvalue weighted by Crippen LogP contribution is 2.30. The molecule has 8 nitrogen and oxygen atoms in total. The van der Waals surface area contributed by atoms with E-state index in [1.165, 1.54) is 0 Å². The lowest BCUT2D eigenvalue weighted by molar-refractivity contribution is -0.137. The Balaban J connectivity index is 1.59. The predicted octanol–water partition coefficient (Wildman–Crippen LogP) is 2.00. The van der Waals surface area contributed by atoms with Crippen molar-refractivity contribution in [2.75, 3.05) is 44.4 Å².